The molecule has 1 atom stereocenters. The Hall–Kier alpha value is -1.10. The van der Waals surface area contributed by atoms with Crippen LogP contribution in [0, 0.1) is 5.41 Å². The molecule has 1 fully saturated rings. The summed E-state index contributed by atoms with van der Waals surface area (Å²) in [5.74, 6) is -0.836. The lowest BCUT2D eigenvalue weighted by Gasteiger charge is -2.36. The minimum Gasteiger partial charge on any atom is -0.481 e. The van der Waals surface area contributed by atoms with Crippen molar-refractivity contribution in [1.82, 2.24) is 10.6 Å². The van der Waals surface area contributed by atoms with E-state index >= 15 is 0 Å². The van der Waals surface area contributed by atoms with Crippen molar-refractivity contribution in [3.8, 4) is 0 Å². The fourth-order valence-electron chi connectivity index (χ4n) is 2.49. The second-order valence-corrected chi connectivity index (χ2v) is 5.06. The molecule has 3 N–H and O–H groups in total. The Morgan fingerprint density at radius 2 is 1.94 bits per heavy atom. The molecule has 1 aliphatic rings. The summed E-state index contributed by atoms with van der Waals surface area (Å²) in [5, 5.41) is 15.0. The SMILES string of the molecule is CCC(CC(=O)O)NC(=O)C1(CC)CCNCC1. The molecule has 0 aromatic heterocycles. The number of carbonyl (C=O) groups is 2. The predicted octanol–water partition coefficient (Wildman–Crippen LogP) is 1.14. The number of amides is 1. The van der Waals surface area contributed by atoms with Crippen LogP contribution in [-0.2, 0) is 9.59 Å². The van der Waals surface area contributed by atoms with Crippen LogP contribution in [0.2, 0.25) is 0 Å². The summed E-state index contributed by atoms with van der Waals surface area (Å²) in [6.45, 7) is 5.64. The standard InChI is InChI=1S/C13H24N2O3/c1-3-10(9-11(16)17)15-12(18)13(4-2)5-7-14-8-6-13/h10,14H,3-9H2,1-2H3,(H,15,18)(H,16,17). The molecule has 18 heavy (non-hydrogen) atoms. The zero-order chi connectivity index (χ0) is 13.6. The quantitative estimate of drug-likeness (QED) is 0.666. The molecule has 1 saturated heterocycles. The molecule has 104 valence electrons. The lowest BCUT2D eigenvalue weighted by atomic mass is 9.75. The minimum atomic E-state index is -0.863. The van der Waals surface area contributed by atoms with Crippen LogP contribution in [-0.4, -0.2) is 36.1 Å². The molecule has 1 amide bonds. The van der Waals surface area contributed by atoms with Gasteiger partial charge in [0.2, 0.25) is 5.91 Å². The van der Waals surface area contributed by atoms with E-state index in [1.807, 2.05) is 13.8 Å². The van der Waals surface area contributed by atoms with Gasteiger partial charge in [-0.1, -0.05) is 13.8 Å². The summed E-state index contributed by atoms with van der Waals surface area (Å²) in [5.41, 5.74) is -0.308. The monoisotopic (exact) mass is 256 g/mol. The van der Waals surface area contributed by atoms with E-state index in [2.05, 4.69) is 10.6 Å². The maximum atomic E-state index is 12.4. The highest BCUT2D eigenvalue weighted by Crippen LogP contribution is 2.32. The van der Waals surface area contributed by atoms with Gasteiger partial charge in [0.15, 0.2) is 0 Å². The Labute approximate surface area is 108 Å². The number of hydrogen-bond donors (Lipinski definition) is 3. The molecule has 0 aromatic carbocycles. The number of hydrogen-bond acceptors (Lipinski definition) is 3. The average Bonchev–Trinajstić information content (AvgIpc) is 2.38. The fourth-order valence-corrected chi connectivity index (χ4v) is 2.49. The maximum Gasteiger partial charge on any atom is 0.305 e. The third-order valence-electron chi connectivity index (χ3n) is 3.97. The maximum absolute atomic E-state index is 12.4. The van der Waals surface area contributed by atoms with Crippen LogP contribution in [0.1, 0.15) is 46.0 Å². The molecule has 0 spiro atoms. The smallest absolute Gasteiger partial charge is 0.305 e. The first-order chi connectivity index (χ1) is 8.54. The zero-order valence-corrected chi connectivity index (χ0v) is 11.3. The van der Waals surface area contributed by atoms with Crippen LogP contribution < -0.4 is 10.6 Å². The summed E-state index contributed by atoms with van der Waals surface area (Å²) in [6, 6.07) is -0.256. The Balaban J connectivity index is 2.63. The van der Waals surface area contributed by atoms with Crippen LogP contribution >= 0.6 is 0 Å². The van der Waals surface area contributed by atoms with Gasteiger partial charge in [0.25, 0.3) is 0 Å². The predicted molar refractivity (Wildman–Crippen MR) is 69.3 cm³/mol. The van der Waals surface area contributed by atoms with E-state index in [-0.39, 0.29) is 23.8 Å². The van der Waals surface area contributed by atoms with Crippen molar-refractivity contribution < 1.29 is 14.7 Å². The second-order valence-electron chi connectivity index (χ2n) is 5.06. The van der Waals surface area contributed by atoms with Gasteiger partial charge in [-0.2, -0.15) is 0 Å². The first kappa shape index (κ1) is 15.0. The molecule has 5 heteroatoms. The number of carboxylic acids is 1. The van der Waals surface area contributed by atoms with Crippen LogP contribution in [0.5, 0.6) is 0 Å². The average molecular weight is 256 g/mol. The topological polar surface area (TPSA) is 78.4 Å². The van der Waals surface area contributed by atoms with Crippen molar-refractivity contribution in [1.29, 1.82) is 0 Å². The molecule has 0 saturated carbocycles. The van der Waals surface area contributed by atoms with Crippen molar-refractivity contribution in [2.45, 2.75) is 52.0 Å². The van der Waals surface area contributed by atoms with Crippen molar-refractivity contribution in [2.24, 2.45) is 5.41 Å². The Bertz CT molecular complexity index is 299. The number of piperidine rings is 1. The van der Waals surface area contributed by atoms with E-state index in [9.17, 15) is 9.59 Å². The van der Waals surface area contributed by atoms with Gasteiger partial charge >= 0.3 is 5.97 Å². The van der Waals surface area contributed by atoms with E-state index in [0.717, 1.165) is 32.4 Å². The van der Waals surface area contributed by atoms with Gasteiger partial charge in [0, 0.05) is 6.04 Å². The van der Waals surface area contributed by atoms with Crippen LogP contribution in [0.25, 0.3) is 0 Å². The third kappa shape index (κ3) is 3.70. The molecule has 0 radical (unpaired) electrons. The summed E-state index contributed by atoms with van der Waals surface area (Å²) in [7, 11) is 0. The number of carboxylic acid groups (broad SMARTS) is 1. The number of rotatable bonds is 6. The van der Waals surface area contributed by atoms with Crippen LogP contribution in [0.15, 0.2) is 0 Å². The van der Waals surface area contributed by atoms with Crippen molar-refractivity contribution >= 4 is 11.9 Å². The number of carbonyl (C=O) groups excluding carboxylic acids is 1. The highest BCUT2D eigenvalue weighted by Gasteiger charge is 2.38. The van der Waals surface area contributed by atoms with Gasteiger partial charge in [0.05, 0.1) is 11.8 Å². The van der Waals surface area contributed by atoms with E-state index in [1.165, 1.54) is 0 Å². The van der Waals surface area contributed by atoms with Gasteiger partial charge in [-0.05, 0) is 38.8 Å². The molecular weight excluding hydrogens is 232 g/mol. The molecule has 1 unspecified atom stereocenters. The van der Waals surface area contributed by atoms with Crippen molar-refractivity contribution in [3.63, 3.8) is 0 Å². The zero-order valence-electron chi connectivity index (χ0n) is 11.3. The van der Waals surface area contributed by atoms with Gasteiger partial charge < -0.3 is 15.7 Å². The van der Waals surface area contributed by atoms with E-state index < -0.39 is 5.97 Å². The van der Waals surface area contributed by atoms with Crippen LogP contribution in [0.3, 0.4) is 0 Å². The van der Waals surface area contributed by atoms with E-state index in [1.54, 1.807) is 0 Å². The molecule has 1 heterocycles. The second kappa shape index (κ2) is 6.73. The molecule has 0 bridgehead atoms. The summed E-state index contributed by atoms with van der Waals surface area (Å²) in [6.07, 6.45) is 3.12. The van der Waals surface area contributed by atoms with E-state index in [0.29, 0.717) is 6.42 Å². The van der Waals surface area contributed by atoms with Crippen LogP contribution in [0.4, 0.5) is 0 Å². The van der Waals surface area contributed by atoms with Gasteiger partial charge in [-0.25, -0.2) is 0 Å². The largest absolute Gasteiger partial charge is 0.481 e. The lowest BCUT2D eigenvalue weighted by molar-refractivity contribution is -0.138. The molecule has 1 aliphatic heterocycles. The Kier molecular flexibility index (Phi) is 5.59. The molecular formula is C13H24N2O3. The molecule has 1 rings (SSSR count). The van der Waals surface area contributed by atoms with E-state index in [4.69, 9.17) is 5.11 Å². The minimum absolute atomic E-state index is 0.000282. The number of aliphatic carboxylic acids is 1. The normalized spacial score (nSPS) is 20.1. The first-order valence-electron chi connectivity index (χ1n) is 6.77. The van der Waals surface area contributed by atoms with Crippen molar-refractivity contribution in [3.05, 3.63) is 0 Å². The summed E-state index contributed by atoms with van der Waals surface area (Å²) >= 11 is 0. The lowest BCUT2D eigenvalue weighted by Crippen LogP contribution is -2.50. The third-order valence-corrected chi connectivity index (χ3v) is 3.97. The van der Waals surface area contributed by atoms with Crippen molar-refractivity contribution in [2.75, 3.05) is 13.1 Å². The highest BCUT2D eigenvalue weighted by atomic mass is 16.4. The van der Waals surface area contributed by atoms with Gasteiger partial charge in [0.1, 0.15) is 0 Å². The fraction of sp³-hybridized carbons (Fsp3) is 0.846. The highest BCUT2D eigenvalue weighted by molar-refractivity contribution is 5.83. The Morgan fingerprint density at radius 1 is 1.33 bits per heavy atom. The molecule has 0 aromatic rings. The number of nitrogens with one attached hydrogen (secondary N) is 2. The molecule has 0 aliphatic carbocycles. The molecule has 5 nitrogen and oxygen atoms in total. The summed E-state index contributed by atoms with van der Waals surface area (Å²) < 4.78 is 0. The first-order valence-corrected chi connectivity index (χ1v) is 6.77. The van der Waals surface area contributed by atoms with Gasteiger partial charge in [-0.3, -0.25) is 9.59 Å². The summed E-state index contributed by atoms with van der Waals surface area (Å²) in [4.78, 5) is 23.1. The van der Waals surface area contributed by atoms with Gasteiger partial charge in [-0.15, -0.1) is 0 Å². The Morgan fingerprint density at radius 3 is 2.39 bits per heavy atom.